The van der Waals surface area contributed by atoms with Crippen molar-refractivity contribution < 1.29 is 27.5 Å². The summed E-state index contributed by atoms with van der Waals surface area (Å²) in [5.74, 6) is -0.278. The average molecular weight is 361 g/mol. The topological polar surface area (TPSA) is 60.7 Å². The van der Waals surface area contributed by atoms with Crippen LogP contribution in [0.3, 0.4) is 0 Å². The summed E-state index contributed by atoms with van der Waals surface area (Å²) in [5, 5.41) is 3.63. The van der Waals surface area contributed by atoms with Crippen LogP contribution in [-0.2, 0) is 0 Å². The number of carbonyl (C=O) groups is 1. The molecule has 0 fully saturated rings. The van der Waals surface area contributed by atoms with Gasteiger partial charge in [0.05, 0.1) is 18.7 Å². The zero-order valence-electron chi connectivity index (χ0n) is 14.2. The number of alkyl halides is 2. The molecule has 2 aromatic carbocycles. The van der Waals surface area contributed by atoms with Crippen molar-refractivity contribution in [1.82, 2.24) is 5.32 Å². The molecule has 0 aliphatic heterocycles. The fraction of sp³-hybridized carbons (Fsp3) is 0.211. The van der Waals surface area contributed by atoms with E-state index in [2.05, 4.69) is 10.1 Å². The summed E-state index contributed by atoms with van der Waals surface area (Å²) in [6.07, 6.45) is 0. The average Bonchev–Trinajstić information content (AvgIpc) is 3.05. The van der Waals surface area contributed by atoms with Crippen LogP contribution in [0.4, 0.5) is 8.78 Å². The van der Waals surface area contributed by atoms with Crippen LogP contribution in [-0.4, -0.2) is 19.6 Å². The van der Waals surface area contributed by atoms with Gasteiger partial charge in [0.25, 0.3) is 5.91 Å². The Labute approximate surface area is 148 Å². The van der Waals surface area contributed by atoms with Crippen LogP contribution in [0, 0.1) is 0 Å². The maximum Gasteiger partial charge on any atom is 0.387 e. The molecule has 5 nitrogen and oxygen atoms in total. The number of hydrogen-bond donors (Lipinski definition) is 1. The number of amides is 1. The van der Waals surface area contributed by atoms with Crippen LogP contribution in [0.2, 0.25) is 0 Å². The Morgan fingerprint density at radius 1 is 1.15 bits per heavy atom. The summed E-state index contributed by atoms with van der Waals surface area (Å²) >= 11 is 0. The number of nitrogens with one attached hydrogen (secondary N) is 1. The maximum absolute atomic E-state index is 12.7. The van der Waals surface area contributed by atoms with Gasteiger partial charge in [0.2, 0.25) is 0 Å². The number of halogens is 2. The number of hydrogen-bond acceptors (Lipinski definition) is 4. The monoisotopic (exact) mass is 361 g/mol. The number of methoxy groups -OCH3 is 1. The van der Waals surface area contributed by atoms with Gasteiger partial charge in [0, 0.05) is 5.39 Å². The van der Waals surface area contributed by atoms with Crippen molar-refractivity contribution >= 4 is 16.9 Å². The molecule has 1 aromatic heterocycles. The van der Waals surface area contributed by atoms with Gasteiger partial charge in [-0.05, 0) is 31.2 Å². The smallest absolute Gasteiger partial charge is 0.387 e. The van der Waals surface area contributed by atoms with E-state index in [1.165, 1.54) is 25.3 Å². The molecule has 1 atom stereocenters. The van der Waals surface area contributed by atoms with Gasteiger partial charge < -0.3 is 19.2 Å². The Kier molecular flexibility index (Phi) is 5.06. The summed E-state index contributed by atoms with van der Waals surface area (Å²) in [7, 11) is 1.31. The molecule has 0 bridgehead atoms. The largest absolute Gasteiger partial charge is 0.493 e. The molecule has 0 spiro atoms. The van der Waals surface area contributed by atoms with E-state index in [4.69, 9.17) is 9.15 Å². The first-order chi connectivity index (χ1) is 12.5. The molecule has 0 saturated carbocycles. The van der Waals surface area contributed by atoms with E-state index in [1.54, 1.807) is 6.92 Å². The predicted octanol–water partition coefficient (Wildman–Crippen LogP) is 4.53. The Morgan fingerprint density at radius 3 is 2.62 bits per heavy atom. The van der Waals surface area contributed by atoms with Gasteiger partial charge in [0.1, 0.15) is 11.3 Å². The van der Waals surface area contributed by atoms with Gasteiger partial charge in [-0.1, -0.05) is 24.3 Å². The molecule has 0 aliphatic carbocycles. The highest BCUT2D eigenvalue weighted by Crippen LogP contribution is 2.33. The Bertz CT molecular complexity index is 890. The Morgan fingerprint density at radius 2 is 1.92 bits per heavy atom. The first-order valence-corrected chi connectivity index (χ1v) is 7.90. The van der Waals surface area contributed by atoms with Crippen molar-refractivity contribution in [3.63, 3.8) is 0 Å². The van der Waals surface area contributed by atoms with Crippen molar-refractivity contribution in [3.8, 4) is 11.5 Å². The van der Waals surface area contributed by atoms with Crippen molar-refractivity contribution in [2.75, 3.05) is 7.11 Å². The van der Waals surface area contributed by atoms with Crippen LogP contribution < -0.4 is 14.8 Å². The first-order valence-electron chi connectivity index (χ1n) is 7.90. The van der Waals surface area contributed by atoms with E-state index >= 15 is 0 Å². The third-order valence-corrected chi connectivity index (χ3v) is 3.87. The van der Waals surface area contributed by atoms with Crippen molar-refractivity contribution in [3.05, 3.63) is 59.9 Å². The summed E-state index contributed by atoms with van der Waals surface area (Å²) < 4.78 is 40.6. The van der Waals surface area contributed by atoms with Gasteiger partial charge in [-0.3, -0.25) is 4.79 Å². The van der Waals surface area contributed by atoms with E-state index in [0.29, 0.717) is 11.3 Å². The van der Waals surface area contributed by atoms with Crippen LogP contribution in [0.5, 0.6) is 11.5 Å². The molecule has 1 heterocycles. The Hall–Kier alpha value is -3.09. The molecule has 0 saturated heterocycles. The normalized spacial score (nSPS) is 12.2. The second-order valence-electron chi connectivity index (χ2n) is 5.60. The van der Waals surface area contributed by atoms with Gasteiger partial charge >= 0.3 is 6.61 Å². The number of carbonyl (C=O) groups excluding carboxylic acids is 1. The molecule has 136 valence electrons. The number of benzene rings is 2. The molecule has 1 N–H and O–H groups in total. The number of fused-ring (bicyclic) bond motifs is 1. The first kappa shape index (κ1) is 17.7. The third-order valence-electron chi connectivity index (χ3n) is 3.87. The fourth-order valence-corrected chi connectivity index (χ4v) is 2.63. The maximum atomic E-state index is 12.7. The van der Waals surface area contributed by atoms with Crippen LogP contribution in [0.15, 0.2) is 52.9 Å². The lowest BCUT2D eigenvalue weighted by Gasteiger charge is -2.16. The molecule has 0 radical (unpaired) electrons. The zero-order valence-corrected chi connectivity index (χ0v) is 14.2. The molecule has 0 aliphatic rings. The molecule has 1 unspecified atom stereocenters. The summed E-state index contributed by atoms with van der Waals surface area (Å²) in [5.41, 5.74) is 0.652. The number of para-hydroxylation sites is 2. The molecule has 26 heavy (non-hydrogen) atoms. The quantitative estimate of drug-likeness (QED) is 0.701. The van der Waals surface area contributed by atoms with Crippen molar-refractivity contribution in [2.24, 2.45) is 0 Å². The summed E-state index contributed by atoms with van der Waals surface area (Å²) in [6.45, 7) is -1.34. The second-order valence-corrected chi connectivity index (χ2v) is 5.60. The summed E-state index contributed by atoms with van der Waals surface area (Å²) in [6, 6.07) is 13.2. The lowest BCUT2D eigenvalue weighted by Crippen LogP contribution is -2.27. The SMILES string of the molecule is COc1cccc(C(=O)NC(C)c2cc3ccccc3o2)c1OC(F)F. The van der Waals surface area contributed by atoms with Gasteiger partial charge in [-0.25, -0.2) is 0 Å². The highest BCUT2D eigenvalue weighted by atomic mass is 19.3. The standard InChI is InChI=1S/C19H17F2NO4/c1-11(16-10-12-6-3-4-8-14(12)25-16)22-18(23)13-7-5-9-15(24-2)17(13)26-19(20)21/h3-11,19H,1-2H3,(H,22,23). The third kappa shape index (κ3) is 3.61. The number of furan rings is 1. The van der Waals surface area contributed by atoms with E-state index in [9.17, 15) is 13.6 Å². The number of ether oxygens (including phenoxy) is 2. The minimum atomic E-state index is -3.08. The minimum Gasteiger partial charge on any atom is -0.493 e. The molecule has 7 heteroatoms. The fourth-order valence-electron chi connectivity index (χ4n) is 2.63. The molecular weight excluding hydrogens is 344 g/mol. The minimum absolute atomic E-state index is 0.0485. The Balaban J connectivity index is 1.85. The van der Waals surface area contributed by atoms with Crippen LogP contribution >= 0.6 is 0 Å². The lowest BCUT2D eigenvalue weighted by atomic mass is 10.1. The van der Waals surface area contributed by atoms with Gasteiger partial charge in [0.15, 0.2) is 11.5 Å². The van der Waals surface area contributed by atoms with E-state index in [-0.39, 0.29) is 17.1 Å². The van der Waals surface area contributed by atoms with Crippen molar-refractivity contribution in [1.29, 1.82) is 0 Å². The molecular formula is C19H17F2NO4. The molecule has 3 aromatic rings. The van der Waals surface area contributed by atoms with E-state index < -0.39 is 18.6 Å². The highest BCUT2D eigenvalue weighted by Gasteiger charge is 2.22. The van der Waals surface area contributed by atoms with Crippen molar-refractivity contribution in [2.45, 2.75) is 19.6 Å². The second kappa shape index (κ2) is 7.43. The lowest BCUT2D eigenvalue weighted by molar-refractivity contribution is -0.0515. The van der Waals surface area contributed by atoms with Gasteiger partial charge in [-0.2, -0.15) is 8.78 Å². The number of rotatable bonds is 6. The van der Waals surface area contributed by atoms with E-state index in [1.807, 2.05) is 30.3 Å². The molecule has 3 rings (SSSR count). The predicted molar refractivity (Wildman–Crippen MR) is 91.7 cm³/mol. The van der Waals surface area contributed by atoms with E-state index in [0.717, 1.165) is 5.39 Å². The van der Waals surface area contributed by atoms with Gasteiger partial charge in [-0.15, -0.1) is 0 Å². The zero-order chi connectivity index (χ0) is 18.7. The summed E-state index contributed by atoms with van der Waals surface area (Å²) in [4.78, 5) is 12.6. The van der Waals surface area contributed by atoms with Crippen LogP contribution in [0.1, 0.15) is 29.1 Å². The van der Waals surface area contributed by atoms with Crippen LogP contribution in [0.25, 0.3) is 11.0 Å². The molecule has 1 amide bonds. The highest BCUT2D eigenvalue weighted by molar-refractivity contribution is 5.98.